The fraction of sp³-hybridized carbons (Fsp3) is 0.211. The molecule has 0 amide bonds. The zero-order chi connectivity index (χ0) is 19.6. The fourth-order valence-electron chi connectivity index (χ4n) is 2.80. The van der Waals surface area contributed by atoms with E-state index in [0.29, 0.717) is 15.9 Å². The van der Waals surface area contributed by atoms with Gasteiger partial charge in [-0.05, 0) is 65.4 Å². The normalized spacial score (nSPS) is 10.9. The Morgan fingerprint density at radius 3 is 2.48 bits per heavy atom. The summed E-state index contributed by atoms with van der Waals surface area (Å²) in [6.07, 6.45) is 0. The molecule has 0 N–H and O–H groups in total. The van der Waals surface area contributed by atoms with Crippen LogP contribution in [0.4, 0.5) is 0 Å². The maximum absolute atomic E-state index is 13.0. The number of halogens is 2. The predicted molar refractivity (Wildman–Crippen MR) is 112 cm³/mol. The molecule has 8 heteroatoms. The minimum Gasteiger partial charge on any atom is -0.465 e. The number of rotatable bonds is 5. The van der Waals surface area contributed by atoms with Crippen LogP contribution in [0.15, 0.2) is 52.1 Å². The van der Waals surface area contributed by atoms with Crippen molar-refractivity contribution >= 4 is 51.1 Å². The molecule has 140 valence electrons. The van der Waals surface area contributed by atoms with E-state index in [4.69, 9.17) is 16.3 Å². The predicted octanol–water partition coefficient (Wildman–Crippen LogP) is 3.03. The van der Waals surface area contributed by atoms with Gasteiger partial charge in [-0.3, -0.25) is 14.2 Å². The second-order valence-electron chi connectivity index (χ2n) is 5.85. The van der Waals surface area contributed by atoms with Crippen LogP contribution in [-0.4, -0.2) is 21.7 Å². The average Bonchev–Trinajstić information content (AvgIpc) is 2.64. The van der Waals surface area contributed by atoms with Crippen molar-refractivity contribution in [3.05, 3.63) is 77.5 Å². The van der Waals surface area contributed by atoms with Gasteiger partial charge in [0.05, 0.1) is 24.1 Å². The molecule has 0 bridgehead atoms. The molecule has 0 aliphatic carbocycles. The SMILES string of the molecule is CCOC(=O)Cn1c(=O)c2cc(I)ccc2n(Cc2ccc(Cl)cc2)c1=O. The van der Waals surface area contributed by atoms with Crippen molar-refractivity contribution in [3.63, 3.8) is 0 Å². The number of carbonyl (C=O) groups excluding carboxylic acids is 1. The van der Waals surface area contributed by atoms with Crippen LogP contribution in [0.5, 0.6) is 0 Å². The zero-order valence-corrected chi connectivity index (χ0v) is 17.4. The summed E-state index contributed by atoms with van der Waals surface area (Å²) in [6.45, 7) is 1.67. The van der Waals surface area contributed by atoms with Gasteiger partial charge in [0, 0.05) is 8.59 Å². The Balaban J connectivity index is 2.21. The van der Waals surface area contributed by atoms with Crippen LogP contribution < -0.4 is 11.2 Å². The Morgan fingerprint density at radius 2 is 1.81 bits per heavy atom. The van der Waals surface area contributed by atoms with E-state index in [1.807, 2.05) is 18.2 Å². The van der Waals surface area contributed by atoms with Gasteiger partial charge in [0.25, 0.3) is 5.56 Å². The monoisotopic (exact) mass is 498 g/mol. The van der Waals surface area contributed by atoms with Crippen LogP contribution in [-0.2, 0) is 22.6 Å². The van der Waals surface area contributed by atoms with Crippen LogP contribution in [0.1, 0.15) is 12.5 Å². The first-order valence-electron chi connectivity index (χ1n) is 8.23. The molecular formula is C19H16ClIN2O4. The van der Waals surface area contributed by atoms with Gasteiger partial charge in [0.15, 0.2) is 0 Å². The van der Waals surface area contributed by atoms with Gasteiger partial charge in [-0.15, -0.1) is 0 Å². The van der Waals surface area contributed by atoms with Gasteiger partial charge in [-0.25, -0.2) is 9.36 Å². The molecular weight excluding hydrogens is 483 g/mol. The van der Waals surface area contributed by atoms with Gasteiger partial charge < -0.3 is 4.74 Å². The first kappa shape index (κ1) is 19.6. The number of nitrogens with zero attached hydrogens (tertiary/aromatic N) is 2. The van der Waals surface area contributed by atoms with Crippen LogP contribution >= 0.6 is 34.2 Å². The first-order valence-corrected chi connectivity index (χ1v) is 9.69. The molecule has 2 aromatic carbocycles. The number of fused-ring (bicyclic) bond motifs is 1. The maximum Gasteiger partial charge on any atom is 0.332 e. The second kappa shape index (κ2) is 8.26. The molecule has 3 aromatic rings. The highest BCUT2D eigenvalue weighted by atomic mass is 127. The van der Waals surface area contributed by atoms with Crippen molar-refractivity contribution in [1.29, 1.82) is 0 Å². The van der Waals surface area contributed by atoms with Crippen LogP contribution in [0.3, 0.4) is 0 Å². The molecule has 1 aromatic heterocycles. The topological polar surface area (TPSA) is 70.3 Å². The Bertz CT molecular complexity index is 1120. The van der Waals surface area contributed by atoms with E-state index in [-0.39, 0.29) is 13.2 Å². The number of hydrogen-bond acceptors (Lipinski definition) is 4. The minimum atomic E-state index is -0.625. The van der Waals surface area contributed by atoms with Crippen molar-refractivity contribution in [2.45, 2.75) is 20.0 Å². The lowest BCUT2D eigenvalue weighted by atomic mass is 10.2. The highest BCUT2D eigenvalue weighted by Crippen LogP contribution is 2.16. The molecule has 0 spiro atoms. The van der Waals surface area contributed by atoms with Crippen LogP contribution in [0.2, 0.25) is 5.02 Å². The van der Waals surface area contributed by atoms with Crippen molar-refractivity contribution in [2.75, 3.05) is 6.61 Å². The van der Waals surface area contributed by atoms with E-state index in [9.17, 15) is 14.4 Å². The Kier molecular flexibility index (Phi) is 6.01. The van der Waals surface area contributed by atoms with Gasteiger partial charge in [0.1, 0.15) is 6.54 Å². The third-order valence-electron chi connectivity index (χ3n) is 4.03. The molecule has 0 saturated carbocycles. The molecule has 0 fully saturated rings. The van der Waals surface area contributed by atoms with Crippen LogP contribution in [0, 0.1) is 3.57 Å². The van der Waals surface area contributed by atoms with E-state index in [1.54, 1.807) is 31.2 Å². The molecule has 0 atom stereocenters. The lowest BCUT2D eigenvalue weighted by molar-refractivity contribution is -0.143. The summed E-state index contributed by atoms with van der Waals surface area (Å²) in [6, 6.07) is 12.4. The van der Waals surface area contributed by atoms with Gasteiger partial charge in [0.2, 0.25) is 0 Å². The zero-order valence-electron chi connectivity index (χ0n) is 14.4. The van der Waals surface area contributed by atoms with Crippen molar-refractivity contribution in [1.82, 2.24) is 9.13 Å². The van der Waals surface area contributed by atoms with Crippen molar-refractivity contribution in [2.24, 2.45) is 0 Å². The van der Waals surface area contributed by atoms with Crippen LogP contribution in [0.25, 0.3) is 10.9 Å². The van der Waals surface area contributed by atoms with Gasteiger partial charge >= 0.3 is 11.7 Å². The maximum atomic E-state index is 13.0. The Hall–Kier alpha value is -2.13. The second-order valence-corrected chi connectivity index (χ2v) is 7.54. The summed E-state index contributed by atoms with van der Waals surface area (Å²) in [7, 11) is 0. The van der Waals surface area contributed by atoms with E-state index in [2.05, 4.69) is 22.6 Å². The lowest BCUT2D eigenvalue weighted by Crippen LogP contribution is -2.42. The van der Waals surface area contributed by atoms with Gasteiger partial charge in [-0.1, -0.05) is 23.7 Å². The quantitative estimate of drug-likeness (QED) is 0.401. The molecule has 3 rings (SSSR count). The van der Waals surface area contributed by atoms with Crippen molar-refractivity contribution in [3.8, 4) is 0 Å². The molecule has 0 radical (unpaired) electrons. The highest BCUT2D eigenvalue weighted by Gasteiger charge is 2.16. The minimum absolute atomic E-state index is 0.179. The number of ether oxygens (including phenoxy) is 1. The molecule has 0 aliphatic rings. The number of esters is 1. The number of hydrogen-bond donors (Lipinski definition) is 0. The summed E-state index contributed by atoms with van der Waals surface area (Å²) in [5.74, 6) is -0.625. The summed E-state index contributed by atoms with van der Waals surface area (Å²) in [5.41, 5.74) is 0.300. The van der Waals surface area contributed by atoms with E-state index >= 15 is 0 Å². The number of carbonyl (C=O) groups is 1. The summed E-state index contributed by atoms with van der Waals surface area (Å²) in [4.78, 5) is 37.7. The Morgan fingerprint density at radius 1 is 1.11 bits per heavy atom. The van der Waals surface area contributed by atoms with E-state index < -0.39 is 23.8 Å². The standard InChI is InChI=1S/C19H16ClIN2O4/c1-2-27-17(24)11-23-18(25)15-9-14(21)7-8-16(15)22(19(23)26)10-12-3-5-13(20)6-4-12/h3-9H,2,10-11H2,1H3. The smallest absolute Gasteiger partial charge is 0.332 e. The third kappa shape index (κ3) is 4.24. The highest BCUT2D eigenvalue weighted by molar-refractivity contribution is 14.1. The molecule has 1 heterocycles. The molecule has 0 unspecified atom stereocenters. The molecule has 6 nitrogen and oxygen atoms in total. The molecule has 0 aliphatic heterocycles. The summed E-state index contributed by atoms with van der Waals surface area (Å²) < 4.78 is 8.16. The average molecular weight is 499 g/mol. The summed E-state index contributed by atoms with van der Waals surface area (Å²) >= 11 is 8.03. The molecule has 0 saturated heterocycles. The number of benzene rings is 2. The van der Waals surface area contributed by atoms with E-state index in [1.165, 1.54) is 4.57 Å². The van der Waals surface area contributed by atoms with Gasteiger partial charge in [-0.2, -0.15) is 0 Å². The lowest BCUT2D eigenvalue weighted by Gasteiger charge is -2.14. The number of aromatic nitrogens is 2. The largest absolute Gasteiger partial charge is 0.465 e. The van der Waals surface area contributed by atoms with E-state index in [0.717, 1.165) is 13.7 Å². The molecule has 27 heavy (non-hydrogen) atoms. The summed E-state index contributed by atoms with van der Waals surface area (Å²) in [5, 5.41) is 0.970. The Labute approximate surface area is 173 Å². The first-order chi connectivity index (χ1) is 12.9. The fourth-order valence-corrected chi connectivity index (χ4v) is 3.41. The third-order valence-corrected chi connectivity index (χ3v) is 4.96. The van der Waals surface area contributed by atoms with Crippen molar-refractivity contribution < 1.29 is 9.53 Å².